The number of nitrogens with zero attached hydrogens (tertiary/aromatic N) is 3. The molecule has 7 heteroatoms. The first kappa shape index (κ1) is 14.0. The van der Waals surface area contributed by atoms with Crippen LogP contribution < -0.4 is 4.72 Å². The van der Waals surface area contributed by atoms with Crippen molar-refractivity contribution in [1.82, 2.24) is 19.4 Å². The van der Waals surface area contributed by atoms with E-state index in [0.29, 0.717) is 19.0 Å². The third-order valence-electron chi connectivity index (χ3n) is 4.19. The number of likely N-dealkylation sites (tertiary alicyclic amines) is 1. The molecule has 1 aromatic rings. The third-order valence-corrected chi connectivity index (χ3v) is 5.56. The van der Waals surface area contributed by atoms with Gasteiger partial charge in [-0.1, -0.05) is 0 Å². The van der Waals surface area contributed by atoms with Gasteiger partial charge in [0.15, 0.2) is 0 Å². The van der Waals surface area contributed by atoms with Gasteiger partial charge in [-0.3, -0.25) is 4.68 Å². The number of sulfonamides is 1. The minimum absolute atomic E-state index is 0.261. The number of hydrogen-bond acceptors (Lipinski definition) is 4. The van der Waals surface area contributed by atoms with E-state index < -0.39 is 10.0 Å². The quantitative estimate of drug-likeness (QED) is 0.838. The summed E-state index contributed by atoms with van der Waals surface area (Å²) in [5.74, 6) is 0.437. The van der Waals surface area contributed by atoms with Gasteiger partial charge in [0.25, 0.3) is 0 Å². The molecule has 3 rings (SSSR count). The molecular weight excluding hydrogens is 276 g/mol. The van der Waals surface area contributed by atoms with E-state index in [1.165, 1.54) is 19.0 Å². The number of rotatable bonds is 6. The van der Waals surface area contributed by atoms with E-state index in [-0.39, 0.29) is 4.90 Å². The maximum Gasteiger partial charge on any atom is 0.243 e. The molecule has 1 saturated carbocycles. The van der Waals surface area contributed by atoms with Crippen LogP contribution in [-0.4, -0.2) is 48.8 Å². The molecule has 6 nitrogen and oxygen atoms in total. The molecule has 0 amide bonds. The summed E-state index contributed by atoms with van der Waals surface area (Å²) in [5, 5.41) is 4.01. The second-order valence-electron chi connectivity index (χ2n) is 5.76. The van der Waals surface area contributed by atoms with E-state index >= 15 is 0 Å². The zero-order valence-electron chi connectivity index (χ0n) is 11.8. The molecule has 20 heavy (non-hydrogen) atoms. The predicted molar refractivity (Wildman–Crippen MR) is 75.8 cm³/mol. The Morgan fingerprint density at radius 3 is 2.85 bits per heavy atom. The topological polar surface area (TPSA) is 67.2 Å². The highest BCUT2D eigenvalue weighted by Gasteiger charge is 2.34. The predicted octanol–water partition coefficient (Wildman–Crippen LogP) is 0.666. The van der Waals surface area contributed by atoms with Crippen LogP contribution in [0.15, 0.2) is 17.3 Å². The maximum atomic E-state index is 12.2. The van der Waals surface area contributed by atoms with Gasteiger partial charge in [-0.15, -0.1) is 0 Å². The van der Waals surface area contributed by atoms with Crippen LogP contribution in [0.4, 0.5) is 0 Å². The first-order chi connectivity index (χ1) is 9.58. The van der Waals surface area contributed by atoms with E-state index in [4.69, 9.17) is 0 Å². The summed E-state index contributed by atoms with van der Waals surface area (Å²) in [7, 11) is -3.41. The van der Waals surface area contributed by atoms with Gasteiger partial charge in [-0.05, 0) is 38.6 Å². The molecular formula is C13H22N4O2S. The minimum Gasteiger partial charge on any atom is -0.300 e. The molecule has 2 aliphatic rings. The lowest BCUT2D eigenvalue weighted by Gasteiger charge is -2.15. The highest BCUT2D eigenvalue weighted by atomic mass is 32.2. The lowest BCUT2D eigenvalue weighted by atomic mass is 10.1. The normalized spacial score (nSPS) is 24.4. The Balaban J connectivity index is 1.54. The molecule has 0 spiro atoms. The van der Waals surface area contributed by atoms with Crippen molar-refractivity contribution in [3.05, 3.63) is 12.4 Å². The summed E-state index contributed by atoms with van der Waals surface area (Å²) in [5.41, 5.74) is 0. The average molecular weight is 298 g/mol. The maximum absolute atomic E-state index is 12.2. The molecule has 0 bridgehead atoms. The van der Waals surface area contributed by atoms with Crippen LogP contribution in [0.25, 0.3) is 0 Å². The lowest BCUT2D eigenvalue weighted by Crippen LogP contribution is -2.31. The molecule has 1 N–H and O–H groups in total. The molecule has 1 aliphatic heterocycles. The van der Waals surface area contributed by atoms with Crippen molar-refractivity contribution in [2.45, 2.75) is 43.7 Å². The molecule has 1 aliphatic carbocycles. The Morgan fingerprint density at radius 1 is 1.40 bits per heavy atom. The summed E-state index contributed by atoms with van der Waals surface area (Å²) in [6, 6.07) is 0.777. The highest BCUT2D eigenvalue weighted by molar-refractivity contribution is 7.89. The van der Waals surface area contributed by atoms with Crippen molar-refractivity contribution in [2.24, 2.45) is 5.92 Å². The van der Waals surface area contributed by atoms with Gasteiger partial charge in [0, 0.05) is 31.9 Å². The van der Waals surface area contributed by atoms with Crippen molar-refractivity contribution in [3.8, 4) is 0 Å². The largest absolute Gasteiger partial charge is 0.300 e. The first-order valence-electron chi connectivity index (χ1n) is 7.34. The summed E-state index contributed by atoms with van der Waals surface area (Å²) < 4.78 is 28.7. The summed E-state index contributed by atoms with van der Waals surface area (Å²) in [6.07, 6.45) is 6.71. The number of nitrogens with one attached hydrogen (secondary N) is 1. The summed E-state index contributed by atoms with van der Waals surface area (Å²) in [4.78, 5) is 2.75. The fraction of sp³-hybridized carbons (Fsp3) is 0.769. The van der Waals surface area contributed by atoms with E-state index in [9.17, 15) is 8.42 Å². The zero-order valence-corrected chi connectivity index (χ0v) is 12.6. The fourth-order valence-electron chi connectivity index (χ4n) is 2.77. The van der Waals surface area contributed by atoms with Gasteiger partial charge < -0.3 is 4.90 Å². The Hall–Kier alpha value is -0.920. The number of aryl methyl sites for hydroxylation is 1. The molecule has 112 valence electrons. The van der Waals surface area contributed by atoms with Crippen LogP contribution in [0.1, 0.15) is 26.2 Å². The average Bonchev–Trinajstić information content (AvgIpc) is 2.99. The van der Waals surface area contributed by atoms with Crippen LogP contribution in [-0.2, 0) is 16.6 Å². The van der Waals surface area contributed by atoms with E-state index in [0.717, 1.165) is 25.6 Å². The van der Waals surface area contributed by atoms with Crippen molar-refractivity contribution in [2.75, 3.05) is 19.6 Å². The van der Waals surface area contributed by atoms with Crippen molar-refractivity contribution >= 4 is 10.0 Å². The lowest BCUT2D eigenvalue weighted by molar-refractivity contribution is 0.314. The standard InChI is InChI=1S/C13H22N4O2S/c1-2-17-10-13(8-14-17)20(18,19)15-7-11-5-6-16(9-11)12-3-4-12/h8,10-12,15H,2-7,9H2,1H3/t11-/m1/s1. The smallest absolute Gasteiger partial charge is 0.243 e. The van der Waals surface area contributed by atoms with Crippen molar-refractivity contribution in [1.29, 1.82) is 0 Å². The molecule has 0 radical (unpaired) electrons. The van der Waals surface area contributed by atoms with Crippen molar-refractivity contribution < 1.29 is 8.42 Å². The van der Waals surface area contributed by atoms with Crippen LogP contribution in [0.2, 0.25) is 0 Å². The van der Waals surface area contributed by atoms with Gasteiger partial charge in [-0.2, -0.15) is 5.10 Å². The van der Waals surface area contributed by atoms with Gasteiger partial charge in [0.2, 0.25) is 10.0 Å². The molecule has 0 unspecified atom stereocenters. The molecule has 2 heterocycles. The van der Waals surface area contributed by atoms with Crippen LogP contribution in [0.5, 0.6) is 0 Å². The molecule has 1 aromatic heterocycles. The Morgan fingerprint density at radius 2 is 2.20 bits per heavy atom. The van der Waals surface area contributed by atoms with Crippen LogP contribution in [0, 0.1) is 5.92 Å². The van der Waals surface area contributed by atoms with E-state index in [2.05, 4.69) is 14.7 Å². The minimum atomic E-state index is -3.41. The van der Waals surface area contributed by atoms with Gasteiger partial charge in [-0.25, -0.2) is 13.1 Å². The summed E-state index contributed by atoms with van der Waals surface area (Å²) in [6.45, 7) is 5.28. The van der Waals surface area contributed by atoms with E-state index in [1.54, 1.807) is 10.9 Å². The Kier molecular flexibility index (Phi) is 3.83. The monoisotopic (exact) mass is 298 g/mol. The molecule has 0 aromatic carbocycles. The van der Waals surface area contributed by atoms with E-state index in [1.807, 2.05) is 6.92 Å². The van der Waals surface area contributed by atoms with Crippen LogP contribution >= 0.6 is 0 Å². The second kappa shape index (κ2) is 5.46. The fourth-order valence-corrected chi connectivity index (χ4v) is 3.84. The highest BCUT2D eigenvalue weighted by Crippen LogP contribution is 2.31. The zero-order chi connectivity index (χ0) is 14.2. The number of hydrogen-bond donors (Lipinski definition) is 1. The first-order valence-corrected chi connectivity index (χ1v) is 8.83. The van der Waals surface area contributed by atoms with Gasteiger partial charge >= 0.3 is 0 Å². The summed E-state index contributed by atoms with van der Waals surface area (Å²) >= 11 is 0. The van der Waals surface area contributed by atoms with Gasteiger partial charge in [0.05, 0.1) is 6.20 Å². The molecule has 2 fully saturated rings. The second-order valence-corrected chi connectivity index (χ2v) is 7.53. The SMILES string of the molecule is CCn1cc(S(=O)(=O)NC[C@H]2CCN(C3CC3)C2)cn1. The van der Waals surface area contributed by atoms with Crippen LogP contribution in [0.3, 0.4) is 0 Å². The molecule has 1 saturated heterocycles. The Labute approximate surface area is 120 Å². The molecule has 1 atom stereocenters. The van der Waals surface area contributed by atoms with Crippen molar-refractivity contribution in [3.63, 3.8) is 0 Å². The number of aromatic nitrogens is 2. The third kappa shape index (κ3) is 3.05. The Bertz CT molecular complexity index is 565. The van der Waals surface area contributed by atoms with Gasteiger partial charge in [0.1, 0.15) is 4.90 Å².